The number of aliphatic carboxylic acids is 1. The molecule has 0 aliphatic rings. The summed E-state index contributed by atoms with van der Waals surface area (Å²) in [7, 11) is 2.52. The van der Waals surface area contributed by atoms with Crippen molar-refractivity contribution < 1.29 is 29.0 Å². The summed E-state index contributed by atoms with van der Waals surface area (Å²) >= 11 is 6.10. The zero-order valence-corrected chi connectivity index (χ0v) is 23.3. The molecule has 0 saturated carbocycles. The van der Waals surface area contributed by atoms with Crippen molar-refractivity contribution in [1.82, 2.24) is 19.8 Å². The van der Waals surface area contributed by atoms with Crippen LogP contribution in [0.25, 0.3) is 11.0 Å². The lowest BCUT2D eigenvalue weighted by Crippen LogP contribution is -2.32. The zero-order valence-electron chi connectivity index (χ0n) is 22.5. The molecule has 4 aromatic rings. The number of aromatic nitrogens is 2. The molecule has 1 unspecified atom stereocenters. The summed E-state index contributed by atoms with van der Waals surface area (Å²) in [5.74, 6) is -1.53. The summed E-state index contributed by atoms with van der Waals surface area (Å²) in [6.45, 7) is 0.384. The first-order chi connectivity index (χ1) is 19.7. The number of amides is 3. The van der Waals surface area contributed by atoms with Gasteiger partial charge in [0, 0.05) is 30.6 Å². The fourth-order valence-corrected chi connectivity index (χ4v) is 4.57. The second-order valence-electron chi connectivity index (χ2n) is 9.42. The van der Waals surface area contributed by atoms with Gasteiger partial charge in [0.2, 0.25) is 5.91 Å². The maximum Gasteiger partial charge on any atom is 0.416 e. The topological polar surface area (TPSA) is 131 Å². The summed E-state index contributed by atoms with van der Waals surface area (Å²) in [5, 5.41) is 12.6. The number of ether oxygens (including phenoxy) is 1. The van der Waals surface area contributed by atoms with Crippen molar-refractivity contribution in [2.45, 2.75) is 31.8 Å². The second-order valence-corrected chi connectivity index (χ2v) is 9.86. The number of carboxylic acids is 1. The van der Waals surface area contributed by atoms with Crippen LogP contribution in [0, 0.1) is 0 Å². The Kier molecular flexibility index (Phi) is 9.36. The Morgan fingerprint density at radius 3 is 2.37 bits per heavy atom. The maximum absolute atomic E-state index is 12.9. The van der Waals surface area contributed by atoms with Gasteiger partial charge in [-0.05, 0) is 47.9 Å². The highest BCUT2D eigenvalue weighted by Crippen LogP contribution is 2.27. The van der Waals surface area contributed by atoms with Crippen LogP contribution >= 0.6 is 11.6 Å². The van der Waals surface area contributed by atoms with Gasteiger partial charge < -0.3 is 19.7 Å². The third-order valence-corrected chi connectivity index (χ3v) is 6.78. The third-order valence-electron chi connectivity index (χ3n) is 6.53. The molecule has 0 spiro atoms. The molecular formula is C30H29ClN4O6. The van der Waals surface area contributed by atoms with E-state index in [0.717, 1.165) is 16.0 Å². The molecule has 0 saturated heterocycles. The first-order valence-corrected chi connectivity index (χ1v) is 13.2. The van der Waals surface area contributed by atoms with E-state index in [4.69, 9.17) is 21.7 Å². The van der Waals surface area contributed by atoms with E-state index >= 15 is 0 Å². The van der Waals surface area contributed by atoms with Crippen LogP contribution in [0.1, 0.15) is 46.2 Å². The molecule has 10 nitrogen and oxygen atoms in total. The van der Waals surface area contributed by atoms with Crippen LogP contribution in [0.4, 0.5) is 4.79 Å². The van der Waals surface area contributed by atoms with E-state index < -0.39 is 29.9 Å². The van der Waals surface area contributed by atoms with Crippen molar-refractivity contribution >= 4 is 46.5 Å². The summed E-state index contributed by atoms with van der Waals surface area (Å²) in [5.41, 5.74) is 3.28. The first-order valence-electron chi connectivity index (χ1n) is 12.8. The van der Waals surface area contributed by atoms with Crippen LogP contribution < -0.4 is 5.32 Å². The van der Waals surface area contributed by atoms with Gasteiger partial charge in [-0.25, -0.2) is 14.7 Å². The fourth-order valence-electron chi connectivity index (χ4n) is 4.44. The standard InChI is InChI=1S/C30H29ClN4O6/c1-34(30(40)41-2)29(39)21-10-13-25-23(17-21)33-28(35(25)18-20-8-11-22(31)12-9-20)24(16-19-6-4-3-5-7-19)32-26(36)14-15-27(37)38/h3-13,17,24H,14-16,18H2,1-2H3,(H,32,36)(H,37,38). The minimum Gasteiger partial charge on any atom is -0.481 e. The van der Waals surface area contributed by atoms with E-state index in [-0.39, 0.29) is 18.4 Å². The Bertz CT molecular complexity index is 1570. The predicted octanol–water partition coefficient (Wildman–Crippen LogP) is 4.84. The largest absolute Gasteiger partial charge is 0.481 e. The van der Waals surface area contributed by atoms with Gasteiger partial charge in [0.05, 0.1) is 30.6 Å². The number of hydrogen-bond donors (Lipinski definition) is 2. The van der Waals surface area contributed by atoms with Crippen LogP contribution in [0.15, 0.2) is 72.8 Å². The number of imide groups is 1. The second kappa shape index (κ2) is 13.1. The average molecular weight is 577 g/mol. The van der Waals surface area contributed by atoms with E-state index in [1.54, 1.807) is 30.3 Å². The number of nitrogens with one attached hydrogen (secondary N) is 1. The number of halogens is 1. The molecule has 41 heavy (non-hydrogen) atoms. The molecule has 4 rings (SSSR count). The lowest BCUT2D eigenvalue weighted by molar-refractivity contribution is -0.138. The van der Waals surface area contributed by atoms with Crippen LogP contribution in [0.3, 0.4) is 0 Å². The predicted molar refractivity (Wildman–Crippen MR) is 153 cm³/mol. The van der Waals surface area contributed by atoms with E-state index in [9.17, 15) is 19.2 Å². The van der Waals surface area contributed by atoms with E-state index in [2.05, 4.69) is 10.1 Å². The average Bonchev–Trinajstić information content (AvgIpc) is 3.33. The number of carbonyl (C=O) groups is 4. The molecule has 212 valence electrons. The Hall–Kier alpha value is -4.70. The van der Waals surface area contributed by atoms with Crippen molar-refractivity contribution in [3.05, 3.63) is 100 Å². The van der Waals surface area contributed by atoms with E-state index in [0.29, 0.717) is 34.8 Å². The SMILES string of the molecule is COC(=O)N(C)C(=O)c1ccc2c(c1)nc(C(Cc1ccccc1)NC(=O)CCC(=O)O)n2Cc1ccc(Cl)cc1. The zero-order chi connectivity index (χ0) is 29.5. The van der Waals surface area contributed by atoms with Gasteiger partial charge in [-0.3, -0.25) is 14.4 Å². The highest BCUT2D eigenvalue weighted by molar-refractivity contribution is 6.30. The Labute approximate surface area is 241 Å². The summed E-state index contributed by atoms with van der Waals surface area (Å²) in [6.07, 6.45) is -0.891. The molecule has 0 fully saturated rings. The molecule has 0 aliphatic heterocycles. The number of hydrogen-bond acceptors (Lipinski definition) is 6. The number of nitrogens with zero attached hydrogens (tertiary/aromatic N) is 3. The van der Waals surface area contributed by atoms with Crippen LogP contribution in [-0.4, -0.2) is 57.6 Å². The number of carboxylic acid groups (broad SMARTS) is 1. The number of fused-ring (bicyclic) bond motifs is 1. The van der Waals surface area contributed by atoms with E-state index in [1.807, 2.05) is 47.0 Å². The molecule has 1 heterocycles. The monoisotopic (exact) mass is 576 g/mol. The number of carbonyl (C=O) groups excluding carboxylic acids is 3. The van der Waals surface area contributed by atoms with Gasteiger partial charge >= 0.3 is 12.1 Å². The molecular weight excluding hydrogens is 548 g/mol. The van der Waals surface area contributed by atoms with Crippen molar-refractivity contribution in [2.75, 3.05) is 14.2 Å². The van der Waals surface area contributed by atoms with Gasteiger partial charge in [-0.2, -0.15) is 0 Å². The number of rotatable bonds is 10. The molecule has 11 heteroatoms. The van der Waals surface area contributed by atoms with Gasteiger partial charge in [-0.1, -0.05) is 54.1 Å². The summed E-state index contributed by atoms with van der Waals surface area (Å²) in [6, 6.07) is 21.2. The Balaban J connectivity index is 1.81. The molecule has 0 bridgehead atoms. The lowest BCUT2D eigenvalue weighted by Gasteiger charge is -2.21. The Morgan fingerprint density at radius 2 is 1.71 bits per heavy atom. The number of imidazole rings is 1. The Morgan fingerprint density at radius 1 is 1.00 bits per heavy atom. The number of methoxy groups -OCH3 is 1. The molecule has 1 atom stereocenters. The van der Waals surface area contributed by atoms with Crippen molar-refractivity contribution in [1.29, 1.82) is 0 Å². The molecule has 3 aromatic carbocycles. The summed E-state index contributed by atoms with van der Waals surface area (Å²) < 4.78 is 6.61. The molecule has 1 aromatic heterocycles. The maximum atomic E-state index is 12.9. The fraction of sp³-hybridized carbons (Fsp3) is 0.233. The van der Waals surface area contributed by atoms with Gasteiger partial charge in [-0.15, -0.1) is 0 Å². The normalized spacial score (nSPS) is 11.6. The first kappa shape index (κ1) is 29.3. The van der Waals surface area contributed by atoms with Crippen molar-refractivity contribution in [3.8, 4) is 0 Å². The smallest absolute Gasteiger partial charge is 0.416 e. The molecule has 0 radical (unpaired) electrons. The summed E-state index contributed by atoms with van der Waals surface area (Å²) in [4.78, 5) is 54.5. The quantitative estimate of drug-likeness (QED) is 0.276. The van der Waals surface area contributed by atoms with Crippen molar-refractivity contribution in [2.24, 2.45) is 0 Å². The molecule has 0 aliphatic carbocycles. The third kappa shape index (κ3) is 7.29. The molecule has 3 amide bonds. The van der Waals surface area contributed by atoms with Crippen LogP contribution in [0.5, 0.6) is 0 Å². The molecule has 2 N–H and O–H groups in total. The highest BCUT2D eigenvalue weighted by Gasteiger charge is 2.25. The minimum atomic E-state index is -1.07. The van der Waals surface area contributed by atoms with Gasteiger partial charge in [0.25, 0.3) is 5.91 Å². The lowest BCUT2D eigenvalue weighted by atomic mass is 10.0. The minimum absolute atomic E-state index is 0.184. The highest BCUT2D eigenvalue weighted by atomic mass is 35.5. The number of benzene rings is 3. The van der Waals surface area contributed by atoms with Gasteiger partial charge in [0.1, 0.15) is 5.82 Å². The van der Waals surface area contributed by atoms with Gasteiger partial charge in [0.15, 0.2) is 0 Å². The van der Waals surface area contributed by atoms with Crippen molar-refractivity contribution in [3.63, 3.8) is 0 Å². The van der Waals surface area contributed by atoms with E-state index in [1.165, 1.54) is 14.2 Å². The van der Waals surface area contributed by atoms with Crippen LogP contribution in [0.2, 0.25) is 5.02 Å². The van der Waals surface area contributed by atoms with Crippen LogP contribution in [-0.2, 0) is 27.3 Å².